The van der Waals surface area contributed by atoms with Gasteiger partial charge in [0.05, 0.1) is 4.90 Å². The van der Waals surface area contributed by atoms with Crippen LogP contribution < -0.4 is 16.4 Å². The Labute approximate surface area is 160 Å². The van der Waals surface area contributed by atoms with Crippen molar-refractivity contribution in [2.45, 2.75) is 43.9 Å². The minimum Gasteiger partial charge on any atom is -0.352 e. The Hall–Kier alpha value is -2.13. The number of nitrogens with one attached hydrogen (secondary N) is 2. The first-order valence-corrected chi connectivity index (χ1v) is 10.7. The summed E-state index contributed by atoms with van der Waals surface area (Å²) >= 11 is 0. The molecule has 150 valence electrons. The highest BCUT2D eigenvalue weighted by Crippen LogP contribution is 2.24. The van der Waals surface area contributed by atoms with Crippen LogP contribution in [0.5, 0.6) is 0 Å². The Morgan fingerprint density at radius 3 is 2.37 bits per heavy atom. The van der Waals surface area contributed by atoms with Crippen molar-refractivity contribution in [3.05, 3.63) is 24.3 Å². The molecule has 2 rings (SSSR count). The highest BCUT2D eigenvalue weighted by Gasteiger charge is 2.27. The lowest BCUT2D eigenvalue weighted by atomic mass is 10.0. The average molecular weight is 397 g/mol. The van der Waals surface area contributed by atoms with E-state index in [9.17, 15) is 18.0 Å². The molecule has 0 unspecified atom stereocenters. The van der Waals surface area contributed by atoms with Gasteiger partial charge in [-0.25, -0.2) is 13.2 Å². The molecule has 1 saturated heterocycles. The molecular formula is C18H28N4O4S. The molecule has 0 saturated carbocycles. The largest absolute Gasteiger partial charge is 0.352 e. The van der Waals surface area contributed by atoms with Crippen LogP contribution >= 0.6 is 0 Å². The van der Waals surface area contributed by atoms with Crippen LogP contribution in [-0.4, -0.2) is 44.3 Å². The van der Waals surface area contributed by atoms with E-state index in [2.05, 4.69) is 17.6 Å². The summed E-state index contributed by atoms with van der Waals surface area (Å²) in [5, 5.41) is 5.21. The van der Waals surface area contributed by atoms with Crippen LogP contribution in [0.25, 0.3) is 0 Å². The fourth-order valence-corrected chi connectivity index (χ4v) is 4.40. The molecule has 0 bridgehead atoms. The number of unbranched alkanes of at least 4 members (excludes halogenated alkanes) is 1. The molecule has 1 fully saturated rings. The number of benzene rings is 1. The number of nitrogens with zero attached hydrogens (tertiary/aromatic N) is 1. The smallest absolute Gasteiger partial charge is 0.312 e. The number of sulfonamides is 1. The van der Waals surface area contributed by atoms with Crippen LogP contribution in [0.15, 0.2) is 29.2 Å². The fraction of sp³-hybridized carbons (Fsp3) is 0.556. The van der Waals surface area contributed by atoms with E-state index in [-0.39, 0.29) is 10.8 Å². The van der Waals surface area contributed by atoms with Crippen LogP contribution in [-0.2, 0) is 14.8 Å². The van der Waals surface area contributed by atoms with Crippen molar-refractivity contribution in [1.82, 2.24) is 9.62 Å². The van der Waals surface area contributed by atoms with Crippen LogP contribution in [0.1, 0.15) is 39.0 Å². The molecule has 1 aromatic rings. The quantitative estimate of drug-likeness (QED) is 0.581. The lowest BCUT2D eigenvalue weighted by Crippen LogP contribution is -2.37. The molecule has 8 nitrogen and oxygen atoms in total. The number of primary amides is 1. The predicted molar refractivity (Wildman–Crippen MR) is 104 cm³/mol. The zero-order valence-corrected chi connectivity index (χ0v) is 16.4. The van der Waals surface area contributed by atoms with Crippen LogP contribution in [0.4, 0.5) is 10.5 Å². The maximum Gasteiger partial charge on any atom is 0.312 e. The fourth-order valence-electron chi connectivity index (χ4n) is 2.93. The summed E-state index contributed by atoms with van der Waals surface area (Å²) in [7, 11) is -3.48. The van der Waals surface area contributed by atoms with E-state index in [0.717, 1.165) is 12.8 Å². The first-order valence-electron chi connectivity index (χ1n) is 9.22. The number of piperidine rings is 1. The Balaban J connectivity index is 1.83. The molecule has 1 aromatic carbocycles. The van der Waals surface area contributed by atoms with Crippen molar-refractivity contribution in [2.24, 2.45) is 11.7 Å². The summed E-state index contributed by atoms with van der Waals surface area (Å²) in [5.74, 6) is 0.398. The van der Waals surface area contributed by atoms with Gasteiger partial charge in [-0.1, -0.05) is 6.92 Å². The van der Waals surface area contributed by atoms with Gasteiger partial charge >= 0.3 is 6.03 Å². The minimum atomic E-state index is -3.48. The van der Waals surface area contributed by atoms with Gasteiger partial charge in [-0.3, -0.25) is 4.79 Å². The SMILES string of the molecule is CC1CCN(S(=O)(=O)c2ccc(NC(=O)CCCCNC(N)=O)cc2)CC1. The van der Waals surface area contributed by atoms with Gasteiger partial charge in [0.2, 0.25) is 15.9 Å². The van der Waals surface area contributed by atoms with Gasteiger partial charge in [0, 0.05) is 31.7 Å². The van der Waals surface area contributed by atoms with Gasteiger partial charge in [0.15, 0.2) is 0 Å². The van der Waals surface area contributed by atoms with E-state index < -0.39 is 16.1 Å². The number of amides is 3. The number of hydrogen-bond donors (Lipinski definition) is 3. The third-order valence-electron chi connectivity index (χ3n) is 4.65. The number of hydrogen-bond acceptors (Lipinski definition) is 4. The minimum absolute atomic E-state index is 0.158. The maximum atomic E-state index is 12.7. The molecule has 0 atom stereocenters. The second-order valence-electron chi connectivity index (χ2n) is 6.91. The number of rotatable bonds is 8. The van der Waals surface area contributed by atoms with Crippen LogP contribution in [0.2, 0.25) is 0 Å². The van der Waals surface area contributed by atoms with Crippen LogP contribution in [0.3, 0.4) is 0 Å². The zero-order valence-electron chi connectivity index (χ0n) is 15.6. The van der Waals surface area contributed by atoms with Gasteiger partial charge in [0.25, 0.3) is 0 Å². The van der Waals surface area contributed by atoms with Crippen molar-refractivity contribution in [3.63, 3.8) is 0 Å². The van der Waals surface area contributed by atoms with E-state index in [1.165, 1.54) is 16.4 Å². The van der Waals surface area contributed by atoms with Gasteiger partial charge in [-0.15, -0.1) is 0 Å². The van der Waals surface area contributed by atoms with E-state index >= 15 is 0 Å². The Morgan fingerprint density at radius 2 is 1.78 bits per heavy atom. The summed E-state index contributed by atoms with van der Waals surface area (Å²) in [5.41, 5.74) is 5.51. The first-order chi connectivity index (χ1) is 12.8. The number of nitrogens with two attached hydrogens (primary N) is 1. The van der Waals surface area contributed by atoms with Gasteiger partial charge in [-0.05, 0) is 55.9 Å². The summed E-state index contributed by atoms with van der Waals surface area (Å²) in [6.07, 6.45) is 3.34. The molecule has 3 amide bonds. The normalized spacial score (nSPS) is 16.0. The standard InChI is InChI=1S/C18H28N4O4S/c1-14-9-12-22(13-10-14)27(25,26)16-7-5-15(6-8-16)21-17(23)4-2-3-11-20-18(19)24/h5-8,14H,2-4,9-13H2,1H3,(H,21,23)(H3,19,20,24). The summed E-state index contributed by atoms with van der Waals surface area (Å²) < 4.78 is 26.9. The van der Waals surface area contributed by atoms with E-state index in [0.29, 0.717) is 50.5 Å². The third kappa shape index (κ3) is 6.51. The lowest BCUT2D eigenvalue weighted by molar-refractivity contribution is -0.116. The first kappa shape index (κ1) is 21.2. The van der Waals surface area contributed by atoms with Crippen molar-refractivity contribution < 1.29 is 18.0 Å². The summed E-state index contributed by atoms with van der Waals surface area (Å²) in [4.78, 5) is 22.7. The maximum absolute atomic E-state index is 12.7. The molecule has 0 radical (unpaired) electrons. The molecule has 0 spiro atoms. The molecule has 1 aliphatic heterocycles. The average Bonchev–Trinajstić information content (AvgIpc) is 2.62. The summed E-state index contributed by atoms with van der Waals surface area (Å²) in [6, 6.07) is 5.69. The highest BCUT2D eigenvalue weighted by molar-refractivity contribution is 7.89. The van der Waals surface area contributed by atoms with Crippen molar-refractivity contribution >= 4 is 27.6 Å². The number of carbonyl (C=O) groups excluding carboxylic acids is 2. The molecule has 9 heteroatoms. The second kappa shape index (κ2) is 9.70. The predicted octanol–water partition coefficient (Wildman–Crippen LogP) is 1.88. The van der Waals surface area contributed by atoms with Crippen molar-refractivity contribution in [1.29, 1.82) is 0 Å². The Bertz CT molecular complexity index is 741. The molecular weight excluding hydrogens is 368 g/mol. The number of anilines is 1. The molecule has 27 heavy (non-hydrogen) atoms. The molecule has 1 aliphatic rings. The van der Waals surface area contributed by atoms with Crippen molar-refractivity contribution in [3.8, 4) is 0 Å². The van der Waals surface area contributed by atoms with Crippen LogP contribution in [0, 0.1) is 5.92 Å². The van der Waals surface area contributed by atoms with Gasteiger partial charge in [-0.2, -0.15) is 4.31 Å². The molecule has 4 N–H and O–H groups in total. The highest BCUT2D eigenvalue weighted by atomic mass is 32.2. The van der Waals surface area contributed by atoms with Gasteiger partial charge in [0.1, 0.15) is 0 Å². The van der Waals surface area contributed by atoms with E-state index in [1.54, 1.807) is 12.1 Å². The second-order valence-corrected chi connectivity index (χ2v) is 8.85. The van der Waals surface area contributed by atoms with E-state index in [1.807, 2.05) is 0 Å². The number of urea groups is 1. The molecule has 0 aromatic heterocycles. The van der Waals surface area contributed by atoms with E-state index in [4.69, 9.17) is 5.73 Å². The monoisotopic (exact) mass is 396 g/mol. The van der Waals surface area contributed by atoms with Gasteiger partial charge < -0.3 is 16.4 Å². The Morgan fingerprint density at radius 1 is 1.15 bits per heavy atom. The lowest BCUT2D eigenvalue weighted by Gasteiger charge is -2.29. The number of carbonyl (C=O) groups is 2. The topological polar surface area (TPSA) is 122 Å². The zero-order chi connectivity index (χ0) is 19.9. The van der Waals surface area contributed by atoms with Crippen molar-refractivity contribution in [2.75, 3.05) is 25.0 Å². The molecule has 0 aliphatic carbocycles. The molecule has 1 heterocycles. The summed E-state index contributed by atoms with van der Waals surface area (Å²) in [6.45, 7) is 3.67. The Kier molecular flexibility index (Phi) is 7.61. The third-order valence-corrected chi connectivity index (χ3v) is 6.56.